The molecule has 1 rings (SSSR count). The van der Waals surface area contributed by atoms with Crippen LogP contribution in [0, 0.1) is 0 Å². The summed E-state index contributed by atoms with van der Waals surface area (Å²) in [5.74, 6) is 0. The average molecular weight is 224 g/mol. The highest BCUT2D eigenvalue weighted by Crippen LogP contribution is 2.24. The molecule has 0 saturated carbocycles. The highest BCUT2D eigenvalue weighted by Gasteiger charge is 2.24. The van der Waals surface area contributed by atoms with Crippen molar-refractivity contribution in [2.45, 2.75) is 65.8 Å². The number of nitrogens with one attached hydrogen (secondary N) is 1. The van der Waals surface area contributed by atoms with E-state index in [4.69, 9.17) is 0 Å². The topological polar surface area (TPSA) is 37.8 Å². The molecule has 0 radical (unpaired) electrons. The van der Waals surface area contributed by atoms with E-state index in [9.17, 15) is 4.79 Å². The molecule has 0 aliphatic carbocycles. The van der Waals surface area contributed by atoms with Gasteiger partial charge in [-0.3, -0.25) is 14.6 Å². The molecule has 1 aromatic rings. The van der Waals surface area contributed by atoms with Crippen LogP contribution in [0.3, 0.4) is 0 Å². The summed E-state index contributed by atoms with van der Waals surface area (Å²) >= 11 is 0. The molecule has 0 atom stereocenters. The third kappa shape index (κ3) is 2.57. The van der Waals surface area contributed by atoms with Crippen molar-refractivity contribution in [3.8, 4) is 0 Å². The normalized spacial score (nSPS) is 12.1. The van der Waals surface area contributed by atoms with E-state index in [0.717, 1.165) is 31.4 Å². The minimum Gasteiger partial charge on any atom is -0.288 e. The van der Waals surface area contributed by atoms with Gasteiger partial charge in [0.15, 0.2) is 0 Å². The second kappa shape index (κ2) is 4.89. The molecule has 0 aliphatic heterocycles. The number of unbranched alkanes of at least 4 members (excludes halogenated alkanes) is 1. The van der Waals surface area contributed by atoms with Crippen LogP contribution >= 0.6 is 0 Å². The number of aryl methyl sites for hydroxylation is 1. The molecule has 0 aromatic carbocycles. The zero-order valence-corrected chi connectivity index (χ0v) is 11.2. The summed E-state index contributed by atoms with van der Waals surface area (Å²) in [5.41, 5.74) is 2.23. The maximum absolute atomic E-state index is 11.8. The Morgan fingerprint density at radius 3 is 2.31 bits per heavy atom. The van der Waals surface area contributed by atoms with Gasteiger partial charge in [-0.25, -0.2) is 0 Å². The van der Waals surface area contributed by atoms with Crippen molar-refractivity contribution in [1.82, 2.24) is 9.78 Å². The molecule has 0 unspecified atom stereocenters. The Hall–Kier alpha value is -0.990. The summed E-state index contributed by atoms with van der Waals surface area (Å²) < 4.78 is 2.05. The monoisotopic (exact) mass is 224 g/mol. The van der Waals surface area contributed by atoms with Crippen LogP contribution in [-0.4, -0.2) is 9.78 Å². The van der Waals surface area contributed by atoms with E-state index in [1.807, 2.05) is 11.6 Å². The molecule has 1 aromatic heterocycles. The SMILES string of the molecule is CCCCn1[nH]c(=O)c(CC)c1C(C)(C)C. The smallest absolute Gasteiger partial charge is 0.267 e. The van der Waals surface area contributed by atoms with Gasteiger partial charge < -0.3 is 0 Å². The van der Waals surface area contributed by atoms with E-state index >= 15 is 0 Å². The Balaban J connectivity index is 3.22. The zero-order valence-electron chi connectivity index (χ0n) is 11.2. The van der Waals surface area contributed by atoms with Crippen molar-refractivity contribution in [1.29, 1.82) is 0 Å². The number of H-pyrrole nitrogens is 1. The quantitative estimate of drug-likeness (QED) is 0.839. The third-order valence-electron chi connectivity index (χ3n) is 2.87. The minimum atomic E-state index is 0.0260. The van der Waals surface area contributed by atoms with Gasteiger partial charge in [-0.05, 0) is 12.8 Å². The van der Waals surface area contributed by atoms with Gasteiger partial charge in [0.05, 0.1) is 0 Å². The van der Waals surface area contributed by atoms with Gasteiger partial charge in [-0.1, -0.05) is 41.0 Å². The van der Waals surface area contributed by atoms with Crippen LogP contribution in [0.4, 0.5) is 0 Å². The van der Waals surface area contributed by atoms with Crippen molar-refractivity contribution in [2.75, 3.05) is 0 Å². The van der Waals surface area contributed by atoms with E-state index in [1.54, 1.807) is 0 Å². The van der Waals surface area contributed by atoms with Crippen molar-refractivity contribution in [3.05, 3.63) is 21.6 Å². The lowest BCUT2D eigenvalue weighted by molar-refractivity contribution is 0.468. The number of hydrogen-bond donors (Lipinski definition) is 1. The first-order valence-electron chi connectivity index (χ1n) is 6.24. The molecule has 16 heavy (non-hydrogen) atoms. The van der Waals surface area contributed by atoms with Crippen LogP contribution in [0.5, 0.6) is 0 Å². The Labute approximate surface area is 97.8 Å². The Bertz CT molecular complexity index is 393. The summed E-state index contributed by atoms with van der Waals surface area (Å²) in [6.07, 6.45) is 3.06. The van der Waals surface area contributed by atoms with Crippen molar-refractivity contribution in [2.24, 2.45) is 0 Å². The van der Waals surface area contributed by atoms with Crippen LogP contribution in [0.15, 0.2) is 4.79 Å². The third-order valence-corrected chi connectivity index (χ3v) is 2.87. The Morgan fingerprint density at radius 2 is 1.88 bits per heavy atom. The molecule has 0 saturated heterocycles. The molecule has 92 valence electrons. The number of aromatic nitrogens is 2. The molecule has 0 amide bonds. The summed E-state index contributed by atoms with van der Waals surface area (Å²) in [6, 6.07) is 0. The fourth-order valence-corrected chi connectivity index (χ4v) is 2.19. The maximum Gasteiger partial charge on any atom is 0.267 e. The predicted molar refractivity (Wildman–Crippen MR) is 68.0 cm³/mol. The summed E-state index contributed by atoms with van der Waals surface area (Å²) in [5, 5.41) is 2.97. The van der Waals surface area contributed by atoms with Gasteiger partial charge in [0.1, 0.15) is 0 Å². The van der Waals surface area contributed by atoms with Crippen LogP contribution < -0.4 is 5.56 Å². The van der Waals surface area contributed by atoms with Gasteiger partial charge in [0, 0.05) is 23.2 Å². The molecule has 0 spiro atoms. The first-order chi connectivity index (χ1) is 7.41. The molecule has 0 aliphatic rings. The lowest BCUT2D eigenvalue weighted by Gasteiger charge is -2.22. The van der Waals surface area contributed by atoms with Crippen molar-refractivity contribution in [3.63, 3.8) is 0 Å². The first-order valence-corrected chi connectivity index (χ1v) is 6.24. The first kappa shape index (κ1) is 13.1. The minimum absolute atomic E-state index is 0.0260. The number of rotatable bonds is 4. The Kier molecular flexibility index (Phi) is 4.00. The van der Waals surface area contributed by atoms with Gasteiger partial charge in [0.2, 0.25) is 0 Å². The summed E-state index contributed by atoms with van der Waals surface area (Å²) in [4.78, 5) is 11.8. The molecule has 3 heteroatoms. The van der Waals surface area contributed by atoms with E-state index < -0.39 is 0 Å². The lowest BCUT2D eigenvalue weighted by atomic mass is 9.88. The standard InChI is InChI=1S/C13H24N2O/c1-6-8-9-15-11(13(3,4)5)10(7-2)12(16)14-15/h6-9H2,1-5H3,(H,14,16). The van der Waals surface area contributed by atoms with Crippen LogP contribution in [0.1, 0.15) is 58.7 Å². The lowest BCUT2D eigenvalue weighted by Crippen LogP contribution is -2.20. The molecular weight excluding hydrogens is 200 g/mol. The summed E-state index contributed by atoms with van der Waals surface area (Å²) in [7, 11) is 0. The summed E-state index contributed by atoms with van der Waals surface area (Å²) in [6.45, 7) is 11.6. The molecule has 3 nitrogen and oxygen atoms in total. The second-order valence-corrected chi connectivity index (χ2v) is 5.38. The van der Waals surface area contributed by atoms with E-state index in [0.29, 0.717) is 0 Å². The highest BCUT2D eigenvalue weighted by atomic mass is 16.1. The van der Waals surface area contributed by atoms with Gasteiger partial charge in [-0.15, -0.1) is 0 Å². The molecule has 1 N–H and O–H groups in total. The van der Waals surface area contributed by atoms with Crippen molar-refractivity contribution < 1.29 is 0 Å². The van der Waals surface area contributed by atoms with Gasteiger partial charge in [-0.2, -0.15) is 0 Å². The van der Waals surface area contributed by atoms with E-state index in [-0.39, 0.29) is 11.0 Å². The molecule has 0 fully saturated rings. The zero-order chi connectivity index (χ0) is 12.3. The molecule has 0 bridgehead atoms. The van der Waals surface area contributed by atoms with Crippen LogP contribution in [-0.2, 0) is 18.4 Å². The second-order valence-electron chi connectivity index (χ2n) is 5.38. The maximum atomic E-state index is 11.8. The number of nitrogens with zero attached hydrogens (tertiary/aromatic N) is 1. The van der Waals surface area contributed by atoms with Crippen molar-refractivity contribution >= 4 is 0 Å². The molecule has 1 heterocycles. The van der Waals surface area contributed by atoms with Crippen LogP contribution in [0.2, 0.25) is 0 Å². The largest absolute Gasteiger partial charge is 0.288 e. The molecular formula is C13H24N2O. The fraction of sp³-hybridized carbons (Fsp3) is 0.769. The van der Waals surface area contributed by atoms with Gasteiger partial charge >= 0.3 is 0 Å². The van der Waals surface area contributed by atoms with E-state index in [2.05, 4.69) is 32.8 Å². The van der Waals surface area contributed by atoms with E-state index in [1.165, 1.54) is 5.69 Å². The fourth-order valence-electron chi connectivity index (χ4n) is 2.19. The van der Waals surface area contributed by atoms with Gasteiger partial charge in [0.25, 0.3) is 5.56 Å². The average Bonchev–Trinajstić information content (AvgIpc) is 2.50. The number of aromatic amines is 1. The van der Waals surface area contributed by atoms with Crippen LogP contribution in [0.25, 0.3) is 0 Å². The predicted octanol–water partition coefficient (Wildman–Crippen LogP) is 2.84. The highest BCUT2D eigenvalue weighted by molar-refractivity contribution is 5.25. The number of hydrogen-bond acceptors (Lipinski definition) is 1. The Morgan fingerprint density at radius 1 is 1.25 bits per heavy atom.